The number of carbonyl (C=O) groups is 1. The SMILES string of the molecule is C#CCNC(=O)CN(C)Cc1ccc(OC)c(F)c1. The highest BCUT2D eigenvalue weighted by Crippen LogP contribution is 2.18. The summed E-state index contributed by atoms with van der Waals surface area (Å²) in [5.41, 5.74) is 0.769. The molecule has 0 radical (unpaired) electrons. The van der Waals surface area contributed by atoms with Crippen LogP contribution in [0.5, 0.6) is 5.75 Å². The highest BCUT2D eigenvalue weighted by atomic mass is 19.1. The van der Waals surface area contributed by atoms with Crippen LogP contribution >= 0.6 is 0 Å². The number of halogens is 1. The Labute approximate surface area is 112 Å². The van der Waals surface area contributed by atoms with Crippen LogP contribution in [0.2, 0.25) is 0 Å². The van der Waals surface area contributed by atoms with E-state index >= 15 is 0 Å². The predicted octanol–water partition coefficient (Wildman–Crippen LogP) is 1.02. The van der Waals surface area contributed by atoms with Crippen LogP contribution in [0.25, 0.3) is 0 Å². The van der Waals surface area contributed by atoms with Gasteiger partial charge in [-0.25, -0.2) is 4.39 Å². The number of likely N-dealkylation sites (N-methyl/N-ethyl adjacent to an activating group) is 1. The summed E-state index contributed by atoms with van der Waals surface area (Å²) < 4.78 is 18.3. The van der Waals surface area contributed by atoms with Crippen molar-refractivity contribution in [3.63, 3.8) is 0 Å². The summed E-state index contributed by atoms with van der Waals surface area (Å²) in [5, 5.41) is 2.57. The number of terminal acetylenes is 1. The summed E-state index contributed by atoms with van der Waals surface area (Å²) in [5.74, 6) is 1.96. The number of ether oxygens (including phenoxy) is 1. The second-order valence-electron chi connectivity index (χ2n) is 4.12. The first kappa shape index (κ1) is 15.0. The average molecular weight is 264 g/mol. The van der Waals surface area contributed by atoms with Gasteiger partial charge in [0.15, 0.2) is 11.6 Å². The fraction of sp³-hybridized carbons (Fsp3) is 0.357. The van der Waals surface area contributed by atoms with Crippen molar-refractivity contribution in [2.75, 3.05) is 27.2 Å². The van der Waals surface area contributed by atoms with Gasteiger partial charge in [-0.15, -0.1) is 6.42 Å². The van der Waals surface area contributed by atoms with Crippen LogP contribution in [-0.2, 0) is 11.3 Å². The van der Waals surface area contributed by atoms with Gasteiger partial charge in [-0.1, -0.05) is 12.0 Å². The summed E-state index contributed by atoms with van der Waals surface area (Å²) in [6.07, 6.45) is 5.04. The second-order valence-corrected chi connectivity index (χ2v) is 4.12. The number of hydrogen-bond acceptors (Lipinski definition) is 3. The van der Waals surface area contributed by atoms with E-state index in [1.54, 1.807) is 24.1 Å². The van der Waals surface area contributed by atoms with Gasteiger partial charge in [0.05, 0.1) is 20.2 Å². The number of carbonyl (C=O) groups excluding carboxylic acids is 1. The Bertz CT molecular complexity index is 483. The summed E-state index contributed by atoms with van der Waals surface area (Å²) in [4.78, 5) is 13.2. The van der Waals surface area contributed by atoms with E-state index in [4.69, 9.17) is 11.2 Å². The van der Waals surface area contributed by atoms with Crippen LogP contribution in [0.15, 0.2) is 18.2 Å². The summed E-state index contributed by atoms with van der Waals surface area (Å²) in [7, 11) is 3.19. The van der Waals surface area contributed by atoms with Gasteiger partial charge in [0.2, 0.25) is 5.91 Å². The van der Waals surface area contributed by atoms with Gasteiger partial charge < -0.3 is 10.1 Å². The molecule has 0 aliphatic carbocycles. The van der Waals surface area contributed by atoms with E-state index in [9.17, 15) is 9.18 Å². The van der Waals surface area contributed by atoms with E-state index in [0.717, 1.165) is 5.56 Å². The lowest BCUT2D eigenvalue weighted by molar-refractivity contribution is -0.121. The maximum atomic E-state index is 13.5. The normalized spacial score (nSPS) is 10.1. The van der Waals surface area contributed by atoms with E-state index in [2.05, 4.69) is 11.2 Å². The lowest BCUT2D eigenvalue weighted by Gasteiger charge is -2.16. The Morgan fingerprint density at radius 3 is 2.89 bits per heavy atom. The minimum atomic E-state index is -0.412. The Kier molecular flexibility index (Phi) is 5.83. The molecule has 5 heteroatoms. The molecule has 0 spiro atoms. The molecule has 0 aromatic heterocycles. The molecule has 0 saturated heterocycles. The smallest absolute Gasteiger partial charge is 0.234 e. The van der Waals surface area contributed by atoms with Crippen molar-refractivity contribution < 1.29 is 13.9 Å². The molecule has 0 fully saturated rings. The minimum absolute atomic E-state index is 0.158. The number of amides is 1. The van der Waals surface area contributed by atoms with E-state index in [-0.39, 0.29) is 24.7 Å². The van der Waals surface area contributed by atoms with Crippen LogP contribution in [0.1, 0.15) is 5.56 Å². The fourth-order valence-corrected chi connectivity index (χ4v) is 1.63. The number of hydrogen-bond donors (Lipinski definition) is 1. The minimum Gasteiger partial charge on any atom is -0.494 e. The van der Waals surface area contributed by atoms with E-state index in [1.165, 1.54) is 13.2 Å². The van der Waals surface area contributed by atoms with Crippen molar-refractivity contribution in [1.29, 1.82) is 0 Å². The fourth-order valence-electron chi connectivity index (χ4n) is 1.63. The zero-order valence-corrected chi connectivity index (χ0v) is 11.1. The molecule has 1 aromatic carbocycles. The van der Waals surface area contributed by atoms with E-state index < -0.39 is 5.82 Å². The monoisotopic (exact) mass is 264 g/mol. The molecular formula is C14H17FN2O2. The Balaban J connectivity index is 2.53. The molecule has 102 valence electrons. The topological polar surface area (TPSA) is 41.6 Å². The molecule has 4 nitrogen and oxygen atoms in total. The molecule has 0 saturated carbocycles. The molecule has 1 amide bonds. The maximum Gasteiger partial charge on any atom is 0.234 e. The Hall–Kier alpha value is -2.06. The number of nitrogens with one attached hydrogen (secondary N) is 1. The Morgan fingerprint density at radius 2 is 2.32 bits per heavy atom. The third-order valence-corrected chi connectivity index (χ3v) is 2.47. The summed E-state index contributed by atoms with van der Waals surface area (Å²) in [6.45, 7) is 0.879. The largest absolute Gasteiger partial charge is 0.494 e. The summed E-state index contributed by atoms with van der Waals surface area (Å²) >= 11 is 0. The number of benzene rings is 1. The van der Waals surface area contributed by atoms with Crippen LogP contribution in [0.3, 0.4) is 0 Å². The molecule has 0 heterocycles. The highest BCUT2D eigenvalue weighted by Gasteiger charge is 2.08. The number of nitrogens with zero attached hydrogens (tertiary/aromatic N) is 1. The molecular weight excluding hydrogens is 247 g/mol. The van der Waals surface area contributed by atoms with Crippen molar-refractivity contribution in [3.8, 4) is 18.1 Å². The first-order valence-electron chi connectivity index (χ1n) is 5.78. The molecule has 0 unspecified atom stereocenters. The van der Waals surface area contributed by atoms with Gasteiger partial charge in [-0.3, -0.25) is 9.69 Å². The van der Waals surface area contributed by atoms with Crippen LogP contribution in [-0.4, -0.2) is 38.1 Å². The van der Waals surface area contributed by atoms with Crippen molar-refractivity contribution in [3.05, 3.63) is 29.6 Å². The molecule has 19 heavy (non-hydrogen) atoms. The quantitative estimate of drug-likeness (QED) is 0.780. The maximum absolute atomic E-state index is 13.5. The number of methoxy groups -OCH3 is 1. The highest BCUT2D eigenvalue weighted by molar-refractivity contribution is 5.78. The third-order valence-electron chi connectivity index (χ3n) is 2.47. The molecule has 0 aliphatic heterocycles. The zero-order chi connectivity index (χ0) is 14.3. The summed E-state index contributed by atoms with van der Waals surface area (Å²) in [6, 6.07) is 4.73. The van der Waals surface area contributed by atoms with E-state index in [1.807, 2.05) is 0 Å². The van der Waals surface area contributed by atoms with Gasteiger partial charge in [0.25, 0.3) is 0 Å². The molecule has 1 N–H and O–H groups in total. The molecule has 0 bridgehead atoms. The van der Waals surface area contributed by atoms with Crippen molar-refractivity contribution in [1.82, 2.24) is 10.2 Å². The van der Waals surface area contributed by atoms with Crippen LogP contribution < -0.4 is 10.1 Å². The van der Waals surface area contributed by atoms with Gasteiger partial charge in [-0.2, -0.15) is 0 Å². The van der Waals surface area contributed by atoms with Gasteiger partial charge in [-0.05, 0) is 24.7 Å². The van der Waals surface area contributed by atoms with Crippen LogP contribution in [0.4, 0.5) is 4.39 Å². The lowest BCUT2D eigenvalue weighted by Crippen LogP contribution is -2.35. The zero-order valence-electron chi connectivity index (χ0n) is 11.1. The van der Waals surface area contributed by atoms with E-state index in [0.29, 0.717) is 6.54 Å². The molecule has 1 rings (SSSR count). The average Bonchev–Trinajstić information content (AvgIpc) is 2.36. The molecule has 0 aliphatic rings. The van der Waals surface area contributed by atoms with Gasteiger partial charge >= 0.3 is 0 Å². The first-order valence-corrected chi connectivity index (χ1v) is 5.78. The first-order chi connectivity index (χ1) is 9.06. The number of rotatable bonds is 6. The van der Waals surface area contributed by atoms with Gasteiger partial charge in [0, 0.05) is 6.54 Å². The molecule has 0 atom stereocenters. The van der Waals surface area contributed by atoms with Gasteiger partial charge in [0.1, 0.15) is 0 Å². The Morgan fingerprint density at radius 1 is 1.58 bits per heavy atom. The predicted molar refractivity (Wildman–Crippen MR) is 71.1 cm³/mol. The standard InChI is InChI=1S/C14H17FN2O2/c1-4-7-16-14(18)10-17(2)9-11-5-6-13(19-3)12(15)8-11/h1,5-6,8H,7,9-10H2,2-3H3,(H,16,18). The van der Waals surface area contributed by atoms with Crippen molar-refractivity contribution in [2.24, 2.45) is 0 Å². The van der Waals surface area contributed by atoms with Crippen molar-refractivity contribution >= 4 is 5.91 Å². The van der Waals surface area contributed by atoms with Crippen molar-refractivity contribution in [2.45, 2.75) is 6.54 Å². The second kappa shape index (κ2) is 7.39. The molecule has 1 aromatic rings. The lowest BCUT2D eigenvalue weighted by atomic mass is 10.2. The third kappa shape index (κ3) is 4.98. The van der Waals surface area contributed by atoms with Crippen LogP contribution in [0, 0.1) is 18.2 Å².